The molecule has 0 spiro atoms. The number of rotatable bonds is 6. The van der Waals surface area contributed by atoms with Gasteiger partial charge in [-0.2, -0.15) is 0 Å². The van der Waals surface area contributed by atoms with Crippen LogP contribution in [0.15, 0.2) is 12.4 Å². The van der Waals surface area contributed by atoms with Gasteiger partial charge in [-0.25, -0.2) is 0 Å². The van der Waals surface area contributed by atoms with E-state index < -0.39 is 0 Å². The minimum absolute atomic E-state index is 0.225. The molecule has 6 nitrogen and oxygen atoms in total. The fraction of sp³-hybridized carbons (Fsp3) is 0.786. The maximum Gasteiger partial charge on any atom is 0.224 e. The van der Waals surface area contributed by atoms with Crippen LogP contribution in [0.25, 0.3) is 0 Å². The Morgan fingerprint density at radius 1 is 1.40 bits per heavy atom. The Balaban J connectivity index is 1.88. The van der Waals surface area contributed by atoms with Crippen molar-refractivity contribution in [3.8, 4) is 0 Å². The summed E-state index contributed by atoms with van der Waals surface area (Å²) < 4.78 is 1.71. The van der Waals surface area contributed by atoms with Crippen molar-refractivity contribution in [3.63, 3.8) is 0 Å². The molecule has 1 saturated carbocycles. The van der Waals surface area contributed by atoms with Crippen molar-refractivity contribution >= 4 is 5.91 Å². The molecule has 112 valence electrons. The van der Waals surface area contributed by atoms with E-state index in [1.807, 2.05) is 0 Å². The number of carbonyl (C=O) groups excluding carboxylic acids is 1. The summed E-state index contributed by atoms with van der Waals surface area (Å²) in [6.45, 7) is 3.56. The second-order valence-corrected chi connectivity index (χ2v) is 5.57. The second-order valence-electron chi connectivity index (χ2n) is 5.57. The summed E-state index contributed by atoms with van der Waals surface area (Å²) in [4.78, 5) is 14.5. The Morgan fingerprint density at radius 3 is 2.75 bits per heavy atom. The lowest BCUT2D eigenvalue weighted by Crippen LogP contribution is -2.44. The minimum Gasteiger partial charge on any atom is -0.340 e. The maximum absolute atomic E-state index is 12.4. The lowest BCUT2D eigenvalue weighted by Gasteiger charge is -2.36. The van der Waals surface area contributed by atoms with Crippen molar-refractivity contribution in [1.82, 2.24) is 19.9 Å². The number of nitrogens with two attached hydrogens (primary N) is 1. The molecular weight excluding hydrogens is 254 g/mol. The number of nitrogens with zero attached hydrogens (tertiary/aromatic N) is 4. The van der Waals surface area contributed by atoms with Crippen molar-refractivity contribution in [2.75, 3.05) is 6.54 Å². The Bertz CT molecular complexity index is 398. The third-order valence-corrected chi connectivity index (χ3v) is 3.99. The van der Waals surface area contributed by atoms with E-state index >= 15 is 0 Å². The Kier molecular flexibility index (Phi) is 5.52. The molecule has 1 aromatic rings. The highest BCUT2D eigenvalue weighted by molar-refractivity contribution is 5.76. The molecule has 0 radical (unpaired) electrons. The van der Waals surface area contributed by atoms with Gasteiger partial charge in [0.05, 0.1) is 12.7 Å². The molecule has 1 heterocycles. The van der Waals surface area contributed by atoms with Gasteiger partial charge in [-0.15, -0.1) is 5.10 Å². The van der Waals surface area contributed by atoms with E-state index in [-0.39, 0.29) is 5.91 Å². The summed E-state index contributed by atoms with van der Waals surface area (Å²) >= 11 is 0. The average Bonchev–Trinajstić information content (AvgIpc) is 2.97. The zero-order chi connectivity index (χ0) is 14.4. The van der Waals surface area contributed by atoms with E-state index in [1.165, 1.54) is 0 Å². The van der Waals surface area contributed by atoms with Crippen LogP contribution in [-0.2, 0) is 11.3 Å². The summed E-state index contributed by atoms with van der Waals surface area (Å²) in [5.41, 5.74) is 5.95. The Morgan fingerprint density at radius 2 is 2.15 bits per heavy atom. The zero-order valence-corrected chi connectivity index (χ0v) is 12.2. The molecule has 1 aliphatic rings. The third kappa shape index (κ3) is 4.03. The van der Waals surface area contributed by atoms with Crippen LogP contribution in [0.4, 0.5) is 0 Å². The van der Waals surface area contributed by atoms with Crippen molar-refractivity contribution < 1.29 is 4.79 Å². The molecule has 0 aromatic carbocycles. The van der Waals surface area contributed by atoms with Crippen LogP contribution < -0.4 is 5.73 Å². The topological polar surface area (TPSA) is 77.0 Å². The molecule has 0 bridgehead atoms. The monoisotopic (exact) mass is 279 g/mol. The van der Waals surface area contributed by atoms with Crippen LogP contribution in [-0.4, -0.2) is 44.4 Å². The molecule has 0 aliphatic heterocycles. The molecular formula is C14H25N5O. The fourth-order valence-corrected chi connectivity index (χ4v) is 2.87. The van der Waals surface area contributed by atoms with Crippen LogP contribution >= 0.6 is 0 Å². The summed E-state index contributed by atoms with van der Waals surface area (Å²) in [7, 11) is 0. The maximum atomic E-state index is 12.4. The molecule has 6 heteroatoms. The molecule has 1 amide bonds. The van der Waals surface area contributed by atoms with Crippen molar-refractivity contribution in [3.05, 3.63) is 12.4 Å². The van der Waals surface area contributed by atoms with E-state index in [4.69, 9.17) is 5.73 Å². The number of aromatic nitrogens is 3. The predicted molar refractivity (Wildman–Crippen MR) is 76.9 cm³/mol. The predicted octanol–water partition coefficient (Wildman–Crippen LogP) is 1.18. The van der Waals surface area contributed by atoms with E-state index in [2.05, 4.69) is 22.1 Å². The Labute approximate surface area is 120 Å². The third-order valence-electron chi connectivity index (χ3n) is 3.99. The molecule has 1 aromatic heterocycles. The summed E-state index contributed by atoms with van der Waals surface area (Å²) in [6.07, 6.45) is 9.05. The van der Waals surface area contributed by atoms with Gasteiger partial charge in [0, 0.05) is 31.2 Å². The molecule has 2 N–H and O–H groups in total. The minimum atomic E-state index is 0.225. The first-order valence-electron chi connectivity index (χ1n) is 7.60. The molecule has 0 atom stereocenters. The van der Waals surface area contributed by atoms with Gasteiger partial charge in [-0.3, -0.25) is 9.48 Å². The SMILES string of the molecule is CCCN(C(=O)CCn1ccnn1)C1CCC(N)CC1. The van der Waals surface area contributed by atoms with Gasteiger partial charge < -0.3 is 10.6 Å². The van der Waals surface area contributed by atoms with Crippen LogP contribution in [0, 0.1) is 0 Å². The molecule has 20 heavy (non-hydrogen) atoms. The quantitative estimate of drug-likeness (QED) is 0.848. The number of hydrogen-bond donors (Lipinski definition) is 1. The smallest absolute Gasteiger partial charge is 0.224 e. The summed E-state index contributed by atoms with van der Waals surface area (Å²) in [6, 6.07) is 0.693. The first kappa shape index (κ1) is 15.0. The summed E-state index contributed by atoms with van der Waals surface area (Å²) in [5.74, 6) is 0.225. The number of aryl methyl sites for hydroxylation is 1. The van der Waals surface area contributed by atoms with Gasteiger partial charge in [0.2, 0.25) is 5.91 Å². The number of hydrogen-bond acceptors (Lipinski definition) is 4. The largest absolute Gasteiger partial charge is 0.340 e. The van der Waals surface area contributed by atoms with E-state index in [9.17, 15) is 4.79 Å². The van der Waals surface area contributed by atoms with Gasteiger partial charge in [0.15, 0.2) is 0 Å². The fourth-order valence-electron chi connectivity index (χ4n) is 2.87. The van der Waals surface area contributed by atoms with Crippen molar-refractivity contribution in [2.45, 2.75) is 64.1 Å². The molecule has 1 aliphatic carbocycles. The van der Waals surface area contributed by atoms with Gasteiger partial charge in [0.25, 0.3) is 0 Å². The first-order chi connectivity index (χ1) is 9.70. The van der Waals surface area contributed by atoms with Gasteiger partial charge in [-0.05, 0) is 32.1 Å². The van der Waals surface area contributed by atoms with Gasteiger partial charge >= 0.3 is 0 Å². The van der Waals surface area contributed by atoms with E-state index in [0.717, 1.165) is 38.6 Å². The standard InChI is InChI=1S/C14H25N5O/c1-2-9-19(13-5-3-12(15)4-6-13)14(20)7-10-18-11-8-16-17-18/h8,11-13H,2-7,9-10,15H2,1H3. The average molecular weight is 279 g/mol. The highest BCUT2D eigenvalue weighted by Gasteiger charge is 2.26. The van der Waals surface area contributed by atoms with Crippen LogP contribution in [0.2, 0.25) is 0 Å². The van der Waals surface area contributed by atoms with Gasteiger partial charge in [-0.1, -0.05) is 12.1 Å². The number of amides is 1. The van der Waals surface area contributed by atoms with E-state index in [1.54, 1.807) is 17.1 Å². The van der Waals surface area contributed by atoms with Crippen molar-refractivity contribution in [2.24, 2.45) is 5.73 Å². The molecule has 0 unspecified atom stereocenters. The highest BCUT2D eigenvalue weighted by Crippen LogP contribution is 2.23. The Hall–Kier alpha value is -1.43. The van der Waals surface area contributed by atoms with Crippen LogP contribution in [0.1, 0.15) is 45.4 Å². The van der Waals surface area contributed by atoms with Crippen LogP contribution in [0.3, 0.4) is 0 Å². The van der Waals surface area contributed by atoms with E-state index in [0.29, 0.717) is 25.0 Å². The van der Waals surface area contributed by atoms with Crippen molar-refractivity contribution in [1.29, 1.82) is 0 Å². The molecule has 2 rings (SSSR count). The highest BCUT2D eigenvalue weighted by atomic mass is 16.2. The first-order valence-corrected chi connectivity index (χ1v) is 7.60. The lowest BCUT2D eigenvalue weighted by atomic mass is 9.90. The second kappa shape index (κ2) is 7.38. The zero-order valence-electron chi connectivity index (χ0n) is 12.2. The van der Waals surface area contributed by atoms with Crippen LogP contribution in [0.5, 0.6) is 0 Å². The lowest BCUT2D eigenvalue weighted by molar-refractivity contribution is -0.134. The number of carbonyl (C=O) groups is 1. The normalized spacial score (nSPS) is 22.7. The van der Waals surface area contributed by atoms with Gasteiger partial charge in [0.1, 0.15) is 0 Å². The molecule has 1 fully saturated rings. The molecule has 0 saturated heterocycles. The summed E-state index contributed by atoms with van der Waals surface area (Å²) in [5, 5.41) is 7.65.